The molecule has 0 aliphatic carbocycles. The first-order valence-corrected chi connectivity index (χ1v) is 6.69. The molecule has 0 spiro atoms. The number of piperidine rings is 1. The molecule has 2 unspecified atom stereocenters. The van der Waals surface area contributed by atoms with Crippen molar-refractivity contribution < 1.29 is 14.6 Å². The van der Waals surface area contributed by atoms with E-state index < -0.39 is 0 Å². The zero-order valence-electron chi connectivity index (χ0n) is 11.7. The highest BCUT2D eigenvalue weighted by Gasteiger charge is 2.26. The van der Waals surface area contributed by atoms with E-state index in [1.807, 2.05) is 4.90 Å². The molecule has 1 heterocycles. The number of aromatic hydroxyl groups is 1. The first-order chi connectivity index (χ1) is 9.02. The Morgan fingerprint density at radius 1 is 1.37 bits per heavy atom. The van der Waals surface area contributed by atoms with Crippen molar-refractivity contribution in [2.24, 2.45) is 11.8 Å². The van der Waals surface area contributed by atoms with Crippen molar-refractivity contribution in [3.8, 4) is 11.5 Å². The van der Waals surface area contributed by atoms with Crippen LogP contribution in [0.5, 0.6) is 11.5 Å². The van der Waals surface area contributed by atoms with Gasteiger partial charge in [-0.05, 0) is 36.5 Å². The van der Waals surface area contributed by atoms with E-state index in [4.69, 9.17) is 4.74 Å². The van der Waals surface area contributed by atoms with E-state index in [0.29, 0.717) is 23.1 Å². The van der Waals surface area contributed by atoms with E-state index in [0.717, 1.165) is 19.5 Å². The predicted octanol–water partition coefficient (Wildman–Crippen LogP) is 2.52. The number of rotatable bonds is 2. The average molecular weight is 263 g/mol. The maximum atomic E-state index is 12.4. The third-order valence-corrected chi connectivity index (χ3v) is 4.05. The Hall–Kier alpha value is -1.71. The lowest BCUT2D eigenvalue weighted by molar-refractivity contribution is 0.0627. The summed E-state index contributed by atoms with van der Waals surface area (Å²) in [5.41, 5.74) is 0.514. The number of phenolic OH excluding ortho intramolecular Hbond substituents is 1. The van der Waals surface area contributed by atoms with Crippen LogP contribution >= 0.6 is 0 Å². The molecule has 0 radical (unpaired) electrons. The van der Waals surface area contributed by atoms with Crippen molar-refractivity contribution in [3.63, 3.8) is 0 Å². The number of hydrogen-bond acceptors (Lipinski definition) is 3. The zero-order chi connectivity index (χ0) is 14.0. The van der Waals surface area contributed by atoms with Gasteiger partial charge in [0.15, 0.2) is 11.5 Å². The van der Waals surface area contributed by atoms with E-state index >= 15 is 0 Å². The lowest BCUT2D eigenvalue weighted by Crippen LogP contribution is -2.42. The fraction of sp³-hybridized carbons (Fsp3) is 0.533. The lowest BCUT2D eigenvalue weighted by atomic mass is 9.88. The summed E-state index contributed by atoms with van der Waals surface area (Å²) in [7, 11) is 1.49. The molecule has 1 saturated heterocycles. The third-order valence-electron chi connectivity index (χ3n) is 4.05. The molecule has 1 aliphatic rings. The molecule has 104 valence electrons. The molecule has 2 atom stereocenters. The smallest absolute Gasteiger partial charge is 0.254 e. The van der Waals surface area contributed by atoms with E-state index in [1.54, 1.807) is 12.1 Å². The number of phenols is 1. The number of nitrogens with zero attached hydrogens (tertiary/aromatic N) is 1. The Balaban J connectivity index is 2.13. The van der Waals surface area contributed by atoms with Gasteiger partial charge in [-0.3, -0.25) is 4.79 Å². The summed E-state index contributed by atoms with van der Waals surface area (Å²) in [6.45, 7) is 5.98. The largest absolute Gasteiger partial charge is 0.504 e. The molecule has 19 heavy (non-hydrogen) atoms. The van der Waals surface area contributed by atoms with Crippen LogP contribution in [0.3, 0.4) is 0 Å². The van der Waals surface area contributed by atoms with Crippen LogP contribution in [0.25, 0.3) is 0 Å². The summed E-state index contributed by atoms with van der Waals surface area (Å²) in [6.07, 6.45) is 1.04. The summed E-state index contributed by atoms with van der Waals surface area (Å²) in [6, 6.07) is 4.80. The molecule has 1 aliphatic heterocycles. The molecule has 4 nitrogen and oxygen atoms in total. The van der Waals surface area contributed by atoms with Crippen molar-refractivity contribution in [1.82, 2.24) is 4.90 Å². The Morgan fingerprint density at radius 2 is 2.11 bits per heavy atom. The number of carbonyl (C=O) groups is 1. The van der Waals surface area contributed by atoms with Crippen LogP contribution in [0.1, 0.15) is 30.6 Å². The van der Waals surface area contributed by atoms with E-state index in [1.165, 1.54) is 13.2 Å². The molecule has 0 bridgehead atoms. The number of carbonyl (C=O) groups excluding carboxylic acids is 1. The topological polar surface area (TPSA) is 49.8 Å². The van der Waals surface area contributed by atoms with Crippen molar-refractivity contribution in [2.75, 3.05) is 20.2 Å². The second kappa shape index (κ2) is 5.51. The highest BCUT2D eigenvalue weighted by Crippen LogP contribution is 2.28. The molecule has 1 N–H and O–H groups in total. The molecular formula is C15H21NO3. The molecule has 1 aromatic rings. The molecular weight excluding hydrogens is 242 g/mol. The van der Waals surface area contributed by atoms with E-state index in [-0.39, 0.29) is 11.7 Å². The van der Waals surface area contributed by atoms with E-state index in [2.05, 4.69) is 13.8 Å². The molecule has 1 fully saturated rings. The summed E-state index contributed by atoms with van der Waals surface area (Å²) < 4.78 is 4.98. The number of ether oxygens (including phenoxy) is 1. The van der Waals surface area contributed by atoms with Crippen molar-refractivity contribution in [3.05, 3.63) is 23.8 Å². The molecule has 4 heteroatoms. The van der Waals surface area contributed by atoms with Crippen molar-refractivity contribution >= 4 is 5.91 Å². The normalized spacial score (nSPS) is 23.2. The highest BCUT2D eigenvalue weighted by molar-refractivity contribution is 5.95. The minimum atomic E-state index is -0.0169. The van der Waals surface area contributed by atoms with Gasteiger partial charge in [-0.2, -0.15) is 0 Å². The van der Waals surface area contributed by atoms with Crippen LogP contribution in [0.4, 0.5) is 0 Å². The molecule has 2 rings (SSSR count). The Morgan fingerprint density at radius 3 is 2.68 bits per heavy atom. The predicted molar refractivity (Wildman–Crippen MR) is 73.5 cm³/mol. The highest BCUT2D eigenvalue weighted by atomic mass is 16.5. The Labute approximate surface area is 114 Å². The van der Waals surface area contributed by atoms with Crippen LogP contribution in [0, 0.1) is 11.8 Å². The van der Waals surface area contributed by atoms with Crippen molar-refractivity contribution in [2.45, 2.75) is 20.3 Å². The first kappa shape index (κ1) is 13.7. The fourth-order valence-electron chi connectivity index (χ4n) is 2.45. The van der Waals surface area contributed by atoms with Gasteiger partial charge in [0, 0.05) is 18.7 Å². The number of hydrogen-bond donors (Lipinski definition) is 1. The quantitative estimate of drug-likeness (QED) is 0.892. The fourth-order valence-corrected chi connectivity index (χ4v) is 2.45. The second-order valence-electron chi connectivity index (χ2n) is 5.38. The SMILES string of the molecule is COc1ccc(C(=O)N2CCC(C)C(C)C2)cc1O. The standard InChI is InChI=1S/C15H21NO3/c1-10-6-7-16(9-11(10)2)15(18)12-4-5-14(19-3)13(17)8-12/h4-5,8,10-11,17H,6-7,9H2,1-3H3. The summed E-state index contributed by atoms with van der Waals surface area (Å²) in [5, 5.41) is 9.74. The Bertz CT molecular complexity index is 472. The van der Waals surface area contributed by atoms with Crippen LogP contribution in [0.2, 0.25) is 0 Å². The molecule has 1 aromatic carbocycles. The van der Waals surface area contributed by atoms with E-state index in [9.17, 15) is 9.90 Å². The van der Waals surface area contributed by atoms with Gasteiger partial charge >= 0.3 is 0 Å². The summed E-state index contributed by atoms with van der Waals surface area (Å²) in [4.78, 5) is 14.2. The summed E-state index contributed by atoms with van der Waals surface area (Å²) in [5.74, 6) is 1.55. The maximum Gasteiger partial charge on any atom is 0.254 e. The first-order valence-electron chi connectivity index (χ1n) is 6.69. The second-order valence-corrected chi connectivity index (χ2v) is 5.38. The minimum absolute atomic E-state index is 0.00627. The number of benzene rings is 1. The molecule has 0 saturated carbocycles. The number of methoxy groups -OCH3 is 1. The maximum absolute atomic E-state index is 12.4. The van der Waals surface area contributed by atoms with Gasteiger partial charge in [0.05, 0.1) is 7.11 Å². The average Bonchev–Trinajstić information content (AvgIpc) is 2.41. The van der Waals surface area contributed by atoms with Gasteiger partial charge in [-0.15, -0.1) is 0 Å². The molecule has 0 aromatic heterocycles. The number of likely N-dealkylation sites (tertiary alicyclic amines) is 1. The summed E-state index contributed by atoms with van der Waals surface area (Å²) >= 11 is 0. The van der Waals surface area contributed by atoms with Crippen LogP contribution in [-0.4, -0.2) is 36.1 Å². The van der Waals surface area contributed by atoms with Gasteiger partial charge in [-0.1, -0.05) is 13.8 Å². The Kier molecular flexibility index (Phi) is 3.98. The minimum Gasteiger partial charge on any atom is -0.504 e. The molecule has 1 amide bonds. The third kappa shape index (κ3) is 2.83. The van der Waals surface area contributed by atoms with Gasteiger partial charge < -0.3 is 14.7 Å². The lowest BCUT2D eigenvalue weighted by Gasteiger charge is -2.35. The monoisotopic (exact) mass is 263 g/mol. The zero-order valence-corrected chi connectivity index (χ0v) is 11.7. The number of amides is 1. The van der Waals surface area contributed by atoms with Gasteiger partial charge in [0.25, 0.3) is 5.91 Å². The van der Waals surface area contributed by atoms with Gasteiger partial charge in [0.1, 0.15) is 0 Å². The van der Waals surface area contributed by atoms with Gasteiger partial charge in [0.2, 0.25) is 0 Å². The van der Waals surface area contributed by atoms with Crippen LogP contribution < -0.4 is 4.74 Å². The van der Waals surface area contributed by atoms with Crippen LogP contribution in [-0.2, 0) is 0 Å². The van der Waals surface area contributed by atoms with Gasteiger partial charge in [-0.25, -0.2) is 0 Å². The van der Waals surface area contributed by atoms with Crippen LogP contribution in [0.15, 0.2) is 18.2 Å². The van der Waals surface area contributed by atoms with Crippen molar-refractivity contribution in [1.29, 1.82) is 0 Å².